The monoisotopic (exact) mass is 424 g/mol. The first-order valence-corrected chi connectivity index (χ1v) is 11.1. The van der Waals surface area contributed by atoms with Gasteiger partial charge in [0.25, 0.3) is 0 Å². The van der Waals surface area contributed by atoms with Gasteiger partial charge in [-0.1, -0.05) is 45.4 Å². The van der Waals surface area contributed by atoms with Crippen LogP contribution >= 0.6 is 0 Å². The topological polar surface area (TPSA) is 77.3 Å². The molecule has 0 radical (unpaired) electrons. The third-order valence-corrected chi connectivity index (χ3v) is 4.69. The molecule has 0 fully saturated rings. The van der Waals surface area contributed by atoms with Crippen molar-refractivity contribution in [3.8, 4) is 11.5 Å². The van der Waals surface area contributed by atoms with E-state index in [1.165, 1.54) is 37.8 Å². The first-order valence-electron chi connectivity index (χ1n) is 11.1. The zero-order valence-electron chi connectivity index (χ0n) is 18.5. The summed E-state index contributed by atoms with van der Waals surface area (Å²) >= 11 is 0. The Morgan fingerprint density at radius 2 is 1.35 bits per heavy atom. The van der Waals surface area contributed by atoms with E-state index in [-0.39, 0.29) is 17.1 Å². The Hall–Kier alpha value is -3.02. The molecule has 2 aromatic rings. The van der Waals surface area contributed by atoms with Crippen molar-refractivity contribution in [2.75, 3.05) is 6.61 Å². The van der Waals surface area contributed by atoms with Crippen LogP contribution in [0, 0.1) is 0 Å². The summed E-state index contributed by atoms with van der Waals surface area (Å²) in [5.41, 5.74) is 0.787. The summed E-state index contributed by atoms with van der Waals surface area (Å²) < 4.78 is 10.7. The van der Waals surface area contributed by atoms with E-state index in [1.54, 1.807) is 24.3 Å². The highest BCUT2D eigenvalue weighted by Crippen LogP contribution is 2.21. The minimum Gasteiger partial charge on any atom is -0.494 e. The maximum Gasteiger partial charge on any atom is 0.311 e. The molecule has 0 N–H and O–H groups in total. The Labute approximate surface area is 184 Å². The minimum absolute atomic E-state index is 0.00969. The van der Waals surface area contributed by atoms with Gasteiger partial charge >= 0.3 is 5.97 Å². The standard InChI is InChI=1S/C25H32N2O4/c1-3-5-6-7-8-9-10-11-25(29)31-24-19-15-21(14-18-23(24)28)27-26-20-12-16-22(17-13-20)30-4-2/h12-19H,3-11H2,1-2H3. The zero-order chi connectivity index (χ0) is 22.3. The maximum atomic E-state index is 12.2. The SMILES string of the molecule is CCCCCCCCCC(=O)Oc1ccc(N=Nc2ccc(OCC)cc2)ccc1=O. The highest BCUT2D eigenvalue weighted by atomic mass is 16.5. The van der Waals surface area contributed by atoms with E-state index in [0.717, 1.165) is 25.0 Å². The minimum atomic E-state index is -0.380. The largest absolute Gasteiger partial charge is 0.494 e. The fourth-order valence-electron chi connectivity index (χ4n) is 2.98. The Morgan fingerprint density at radius 1 is 0.774 bits per heavy atom. The molecule has 2 rings (SSSR count). The molecule has 0 aromatic heterocycles. The first kappa shape index (κ1) is 24.3. The molecule has 0 aliphatic carbocycles. The lowest BCUT2D eigenvalue weighted by Crippen LogP contribution is -2.12. The van der Waals surface area contributed by atoms with Crippen LogP contribution in [0.4, 0.5) is 11.4 Å². The van der Waals surface area contributed by atoms with Crippen molar-refractivity contribution < 1.29 is 14.3 Å². The summed E-state index contributed by atoms with van der Waals surface area (Å²) in [6.07, 6.45) is 8.17. The van der Waals surface area contributed by atoms with E-state index < -0.39 is 0 Å². The van der Waals surface area contributed by atoms with Crippen LogP contribution in [0.25, 0.3) is 0 Å². The molecule has 0 bridgehead atoms. The number of rotatable bonds is 13. The van der Waals surface area contributed by atoms with E-state index in [1.807, 2.05) is 19.1 Å². The molecule has 0 unspecified atom stereocenters. The Balaban J connectivity index is 1.87. The van der Waals surface area contributed by atoms with E-state index in [0.29, 0.717) is 24.4 Å². The number of hydrogen-bond acceptors (Lipinski definition) is 6. The lowest BCUT2D eigenvalue weighted by molar-refractivity contribution is -0.134. The fraction of sp³-hybridized carbons (Fsp3) is 0.440. The van der Waals surface area contributed by atoms with Crippen molar-refractivity contribution in [3.63, 3.8) is 0 Å². The average molecular weight is 425 g/mol. The van der Waals surface area contributed by atoms with Crippen molar-refractivity contribution >= 4 is 17.3 Å². The first-order chi connectivity index (χ1) is 15.1. The molecule has 6 nitrogen and oxygen atoms in total. The molecule has 0 atom stereocenters. The number of azo groups is 1. The maximum absolute atomic E-state index is 12.2. The third-order valence-electron chi connectivity index (χ3n) is 4.69. The molecular formula is C25H32N2O4. The molecule has 166 valence electrons. The molecule has 0 saturated carbocycles. The van der Waals surface area contributed by atoms with Gasteiger partial charge in [-0.3, -0.25) is 9.59 Å². The number of carbonyl (C=O) groups excluding carboxylic acids is 1. The second-order valence-electron chi connectivity index (χ2n) is 7.29. The second kappa shape index (κ2) is 14.1. The summed E-state index contributed by atoms with van der Waals surface area (Å²) in [4.78, 5) is 24.3. The van der Waals surface area contributed by atoms with Crippen LogP contribution in [0.3, 0.4) is 0 Å². The Kier molecular flexibility index (Phi) is 11.0. The highest BCUT2D eigenvalue weighted by molar-refractivity contribution is 5.72. The van der Waals surface area contributed by atoms with Crippen molar-refractivity contribution in [1.82, 2.24) is 0 Å². The molecule has 0 aliphatic rings. The number of benzene rings is 1. The van der Waals surface area contributed by atoms with Gasteiger partial charge in [0.05, 0.1) is 18.0 Å². The van der Waals surface area contributed by atoms with Gasteiger partial charge in [0.2, 0.25) is 5.43 Å². The van der Waals surface area contributed by atoms with Crippen molar-refractivity contribution in [3.05, 3.63) is 58.8 Å². The number of ether oxygens (including phenoxy) is 2. The fourth-order valence-corrected chi connectivity index (χ4v) is 2.98. The van der Waals surface area contributed by atoms with Crippen molar-refractivity contribution in [2.45, 2.75) is 65.2 Å². The zero-order valence-corrected chi connectivity index (χ0v) is 18.5. The normalized spacial score (nSPS) is 10.9. The van der Waals surface area contributed by atoms with Gasteiger partial charge in [-0.25, -0.2) is 0 Å². The van der Waals surface area contributed by atoms with Crippen LogP contribution < -0.4 is 14.9 Å². The molecule has 0 heterocycles. The van der Waals surface area contributed by atoms with Gasteiger partial charge in [0.1, 0.15) is 5.75 Å². The highest BCUT2D eigenvalue weighted by Gasteiger charge is 2.07. The molecule has 0 spiro atoms. The summed E-state index contributed by atoms with van der Waals surface area (Å²) in [6.45, 7) is 4.72. The van der Waals surface area contributed by atoms with Gasteiger partial charge in [0.15, 0.2) is 5.75 Å². The van der Waals surface area contributed by atoms with Crippen LogP contribution in [-0.4, -0.2) is 12.6 Å². The Bertz CT molecular complexity index is 895. The van der Waals surface area contributed by atoms with E-state index in [2.05, 4.69) is 17.2 Å². The van der Waals surface area contributed by atoms with Crippen LogP contribution in [0.15, 0.2) is 63.6 Å². The molecule has 6 heteroatoms. The van der Waals surface area contributed by atoms with E-state index in [9.17, 15) is 9.59 Å². The lowest BCUT2D eigenvalue weighted by atomic mass is 10.1. The van der Waals surface area contributed by atoms with E-state index >= 15 is 0 Å². The van der Waals surface area contributed by atoms with Gasteiger partial charge in [-0.2, -0.15) is 10.2 Å². The molecule has 2 aromatic carbocycles. The quantitative estimate of drug-likeness (QED) is 0.199. The van der Waals surface area contributed by atoms with Crippen LogP contribution in [0.5, 0.6) is 11.5 Å². The second-order valence-corrected chi connectivity index (χ2v) is 7.29. The van der Waals surface area contributed by atoms with Crippen LogP contribution in [0.2, 0.25) is 0 Å². The van der Waals surface area contributed by atoms with Gasteiger partial charge in [-0.15, -0.1) is 0 Å². The van der Waals surface area contributed by atoms with Crippen molar-refractivity contribution in [1.29, 1.82) is 0 Å². The predicted octanol–water partition coefficient (Wildman–Crippen LogP) is 6.91. The molecule has 0 aliphatic heterocycles. The molecule has 0 saturated heterocycles. The van der Waals surface area contributed by atoms with E-state index in [4.69, 9.17) is 9.47 Å². The van der Waals surface area contributed by atoms with Crippen LogP contribution in [0.1, 0.15) is 65.2 Å². The number of carbonyl (C=O) groups is 1. The molecule has 31 heavy (non-hydrogen) atoms. The number of hydrogen-bond donors (Lipinski definition) is 0. The third kappa shape index (κ3) is 9.55. The average Bonchev–Trinajstić information content (AvgIpc) is 2.94. The predicted molar refractivity (Wildman–Crippen MR) is 123 cm³/mol. The van der Waals surface area contributed by atoms with Crippen molar-refractivity contribution in [2.24, 2.45) is 10.2 Å². The lowest BCUT2D eigenvalue weighted by Gasteiger charge is -2.02. The van der Waals surface area contributed by atoms with Gasteiger partial charge in [0, 0.05) is 6.42 Å². The van der Waals surface area contributed by atoms with Gasteiger partial charge < -0.3 is 9.47 Å². The smallest absolute Gasteiger partial charge is 0.311 e. The molecule has 0 amide bonds. The number of esters is 1. The van der Waals surface area contributed by atoms with Crippen LogP contribution in [-0.2, 0) is 4.79 Å². The van der Waals surface area contributed by atoms with Gasteiger partial charge in [-0.05, 0) is 61.9 Å². The summed E-state index contributed by atoms with van der Waals surface area (Å²) in [6, 6.07) is 13.2. The summed E-state index contributed by atoms with van der Waals surface area (Å²) in [7, 11) is 0. The number of nitrogens with zero attached hydrogens (tertiary/aromatic N) is 2. The Morgan fingerprint density at radius 3 is 2.00 bits per heavy atom. The number of unbranched alkanes of at least 4 members (excludes halogenated alkanes) is 6. The summed E-state index contributed by atoms with van der Waals surface area (Å²) in [5.74, 6) is 0.399. The summed E-state index contributed by atoms with van der Waals surface area (Å²) in [5, 5.41) is 8.31. The molecular weight excluding hydrogens is 392 g/mol.